The Balaban J connectivity index is 2.12. The highest BCUT2D eigenvalue weighted by atomic mass is 35.5. The van der Waals surface area contributed by atoms with Gasteiger partial charge in [0.15, 0.2) is 11.6 Å². The van der Waals surface area contributed by atoms with E-state index in [-0.39, 0.29) is 11.2 Å². The Bertz CT molecular complexity index is 380. The number of halogens is 2. The molecule has 2 rings (SSSR count). The van der Waals surface area contributed by atoms with Crippen LogP contribution in [0.3, 0.4) is 0 Å². The Kier molecular flexibility index (Phi) is 4.27. The van der Waals surface area contributed by atoms with Crippen molar-refractivity contribution in [3.05, 3.63) is 29.6 Å². The summed E-state index contributed by atoms with van der Waals surface area (Å²) in [6.45, 7) is 0. The van der Waals surface area contributed by atoms with Crippen LogP contribution in [0.25, 0.3) is 0 Å². The van der Waals surface area contributed by atoms with E-state index >= 15 is 0 Å². The number of hydrogen-bond acceptors (Lipinski definition) is 1. The maximum absolute atomic E-state index is 14.0. The molecule has 2 atom stereocenters. The smallest absolute Gasteiger partial charge is 0.168 e. The fourth-order valence-electron chi connectivity index (χ4n) is 2.55. The quantitative estimate of drug-likeness (QED) is 0.738. The van der Waals surface area contributed by atoms with E-state index in [1.807, 2.05) is 12.1 Å². The Labute approximate surface area is 107 Å². The normalized spacial score (nSPS) is 24.6. The fourth-order valence-corrected chi connectivity index (χ4v) is 2.92. The van der Waals surface area contributed by atoms with Gasteiger partial charge in [0.25, 0.3) is 0 Å². The van der Waals surface area contributed by atoms with Crippen molar-refractivity contribution in [3.8, 4) is 5.75 Å². The van der Waals surface area contributed by atoms with Crippen LogP contribution in [0.5, 0.6) is 5.75 Å². The molecule has 0 aromatic heterocycles. The van der Waals surface area contributed by atoms with Gasteiger partial charge in [-0.05, 0) is 36.8 Å². The van der Waals surface area contributed by atoms with Crippen LogP contribution in [0.15, 0.2) is 18.2 Å². The summed E-state index contributed by atoms with van der Waals surface area (Å²) in [5.74, 6) is 0.487. The lowest BCUT2D eigenvalue weighted by atomic mass is 9.84. The minimum atomic E-state index is -0.232. The van der Waals surface area contributed by atoms with E-state index in [0.717, 1.165) is 24.8 Å². The van der Waals surface area contributed by atoms with Crippen LogP contribution in [-0.2, 0) is 6.42 Å². The van der Waals surface area contributed by atoms with Crippen molar-refractivity contribution < 1.29 is 9.13 Å². The highest BCUT2D eigenvalue weighted by molar-refractivity contribution is 6.20. The van der Waals surface area contributed by atoms with Gasteiger partial charge in [-0.15, -0.1) is 11.6 Å². The summed E-state index contributed by atoms with van der Waals surface area (Å²) in [6.07, 6.45) is 5.28. The number of hydrogen-bond donors (Lipinski definition) is 0. The van der Waals surface area contributed by atoms with Gasteiger partial charge in [-0.25, -0.2) is 4.39 Å². The molecular weight excluding hydrogens is 239 g/mol. The lowest BCUT2D eigenvalue weighted by Gasteiger charge is -2.27. The standard InChI is InChI=1S/C14H18ClFO/c1-17-13-8-4-6-11(14(13)16)9-10-5-2-3-7-12(10)15/h4,6,8,10,12H,2-3,5,7,9H2,1H3. The van der Waals surface area contributed by atoms with E-state index in [4.69, 9.17) is 16.3 Å². The largest absolute Gasteiger partial charge is 0.494 e. The lowest BCUT2D eigenvalue weighted by molar-refractivity contribution is 0.352. The zero-order valence-electron chi connectivity index (χ0n) is 10.1. The van der Waals surface area contributed by atoms with Crippen LogP contribution in [-0.4, -0.2) is 12.5 Å². The van der Waals surface area contributed by atoms with Crippen molar-refractivity contribution >= 4 is 11.6 Å². The summed E-state index contributed by atoms with van der Waals surface area (Å²) in [7, 11) is 1.49. The average Bonchev–Trinajstić information content (AvgIpc) is 2.34. The summed E-state index contributed by atoms with van der Waals surface area (Å²) in [6, 6.07) is 5.32. The molecule has 1 aliphatic carbocycles. The molecule has 1 fully saturated rings. The second-order valence-electron chi connectivity index (χ2n) is 4.70. The third kappa shape index (κ3) is 2.92. The summed E-state index contributed by atoms with van der Waals surface area (Å²) in [4.78, 5) is 0. The highest BCUT2D eigenvalue weighted by Crippen LogP contribution is 2.32. The lowest BCUT2D eigenvalue weighted by Crippen LogP contribution is -2.22. The zero-order valence-corrected chi connectivity index (χ0v) is 10.8. The molecular formula is C14H18ClFO. The van der Waals surface area contributed by atoms with Crippen LogP contribution >= 0.6 is 11.6 Å². The molecule has 0 bridgehead atoms. The summed E-state index contributed by atoms with van der Waals surface area (Å²) >= 11 is 6.30. The van der Waals surface area contributed by atoms with E-state index in [1.165, 1.54) is 20.0 Å². The van der Waals surface area contributed by atoms with Gasteiger partial charge in [-0.3, -0.25) is 0 Å². The van der Waals surface area contributed by atoms with E-state index < -0.39 is 0 Å². The first kappa shape index (κ1) is 12.7. The van der Waals surface area contributed by atoms with Crippen molar-refractivity contribution in [3.63, 3.8) is 0 Å². The Morgan fingerprint density at radius 2 is 2.12 bits per heavy atom. The minimum absolute atomic E-state index is 0.189. The summed E-state index contributed by atoms with van der Waals surface area (Å²) in [5.41, 5.74) is 0.724. The number of benzene rings is 1. The van der Waals surface area contributed by atoms with Crippen molar-refractivity contribution in [2.45, 2.75) is 37.5 Å². The number of ether oxygens (including phenoxy) is 1. The second kappa shape index (κ2) is 5.72. The molecule has 0 heterocycles. The maximum Gasteiger partial charge on any atom is 0.168 e. The van der Waals surface area contributed by atoms with E-state index in [2.05, 4.69) is 0 Å². The third-order valence-electron chi connectivity index (χ3n) is 3.56. The first-order valence-electron chi connectivity index (χ1n) is 6.18. The maximum atomic E-state index is 14.0. The monoisotopic (exact) mass is 256 g/mol. The molecule has 1 aliphatic rings. The summed E-state index contributed by atoms with van der Waals surface area (Å²) in [5, 5.41) is 0.189. The van der Waals surface area contributed by atoms with Crippen molar-refractivity contribution in [1.82, 2.24) is 0 Å². The third-order valence-corrected chi connectivity index (χ3v) is 4.14. The van der Waals surface area contributed by atoms with Gasteiger partial charge < -0.3 is 4.74 Å². The van der Waals surface area contributed by atoms with E-state index in [9.17, 15) is 4.39 Å². The molecule has 3 heteroatoms. The molecule has 1 aromatic carbocycles. The molecule has 0 aliphatic heterocycles. The molecule has 17 heavy (non-hydrogen) atoms. The van der Waals surface area contributed by atoms with E-state index in [0.29, 0.717) is 11.7 Å². The first-order valence-corrected chi connectivity index (χ1v) is 6.61. The van der Waals surface area contributed by atoms with Gasteiger partial charge in [0.2, 0.25) is 0 Å². The Morgan fingerprint density at radius 1 is 1.35 bits per heavy atom. The molecule has 2 unspecified atom stereocenters. The van der Waals surface area contributed by atoms with Gasteiger partial charge in [0.1, 0.15) is 0 Å². The minimum Gasteiger partial charge on any atom is -0.494 e. The Morgan fingerprint density at radius 3 is 2.82 bits per heavy atom. The molecule has 0 amide bonds. The summed E-state index contributed by atoms with van der Waals surface area (Å²) < 4.78 is 19.0. The number of rotatable bonds is 3. The topological polar surface area (TPSA) is 9.23 Å². The van der Waals surface area contributed by atoms with Crippen LogP contribution < -0.4 is 4.74 Å². The molecule has 1 aromatic rings. The van der Waals surface area contributed by atoms with Gasteiger partial charge in [0.05, 0.1) is 7.11 Å². The van der Waals surface area contributed by atoms with Gasteiger partial charge in [0, 0.05) is 5.38 Å². The predicted octanol–water partition coefficient (Wildman–Crippen LogP) is 4.17. The zero-order chi connectivity index (χ0) is 12.3. The van der Waals surface area contributed by atoms with Crippen LogP contribution in [0.2, 0.25) is 0 Å². The molecule has 0 N–H and O–H groups in total. The average molecular weight is 257 g/mol. The molecule has 1 saturated carbocycles. The molecule has 94 valence electrons. The number of alkyl halides is 1. The van der Waals surface area contributed by atoms with Gasteiger partial charge in [-0.1, -0.05) is 25.0 Å². The SMILES string of the molecule is COc1cccc(CC2CCCCC2Cl)c1F. The van der Waals surface area contributed by atoms with Crippen molar-refractivity contribution in [2.24, 2.45) is 5.92 Å². The van der Waals surface area contributed by atoms with Gasteiger partial charge >= 0.3 is 0 Å². The molecule has 0 saturated heterocycles. The van der Waals surface area contributed by atoms with Crippen LogP contribution in [0, 0.1) is 11.7 Å². The first-order chi connectivity index (χ1) is 8.22. The Hall–Kier alpha value is -0.760. The molecule has 0 radical (unpaired) electrons. The van der Waals surface area contributed by atoms with Crippen LogP contribution in [0.4, 0.5) is 4.39 Å². The van der Waals surface area contributed by atoms with Crippen molar-refractivity contribution in [1.29, 1.82) is 0 Å². The van der Waals surface area contributed by atoms with Crippen LogP contribution in [0.1, 0.15) is 31.2 Å². The van der Waals surface area contributed by atoms with Crippen molar-refractivity contribution in [2.75, 3.05) is 7.11 Å². The molecule has 0 spiro atoms. The fraction of sp³-hybridized carbons (Fsp3) is 0.571. The van der Waals surface area contributed by atoms with E-state index in [1.54, 1.807) is 6.07 Å². The highest BCUT2D eigenvalue weighted by Gasteiger charge is 2.24. The number of methoxy groups -OCH3 is 1. The molecule has 1 nitrogen and oxygen atoms in total. The predicted molar refractivity (Wildman–Crippen MR) is 68.3 cm³/mol. The second-order valence-corrected chi connectivity index (χ2v) is 5.26. The van der Waals surface area contributed by atoms with Gasteiger partial charge in [-0.2, -0.15) is 0 Å².